The fraction of sp³-hybridized carbons (Fsp3) is 0.131. The van der Waals surface area contributed by atoms with Gasteiger partial charge in [-0.25, -0.2) is 4.98 Å². The molecule has 0 unspecified atom stereocenters. The van der Waals surface area contributed by atoms with Crippen LogP contribution >= 0.6 is 11.3 Å². The van der Waals surface area contributed by atoms with E-state index in [4.69, 9.17) is 16.8 Å². The van der Waals surface area contributed by atoms with Crippen LogP contribution in [0.3, 0.4) is 0 Å². The predicted molar refractivity (Wildman–Crippen MR) is 287 cm³/mol. The number of benzene rings is 7. The Hall–Kier alpha value is -6.60. The molecule has 0 saturated heterocycles. The number of para-hydroxylation sites is 2. The Kier molecular flexibility index (Phi) is 11.9. The normalized spacial score (nSPS) is 12.9. The molecule has 11 aromatic rings. The van der Waals surface area contributed by atoms with E-state index in [0.29, 0.717) is 5.56 Å². The van der Waals surface area contributed by atoms with Crippen LogP contribution in [0.1, 0.15) is 31.8 Å². The fourth-order valence-corrected chi connectivity index (χ4v) is 11.2. The van der Waals surface area contributed by atoms with Gasteiger partial charge in [0.25, 0.3) is 0 Å². The Morgan fingerprint density at radius 2 is 1.37 bits per heavy atom. The van der Waals surface area contributed by atoms with E-state index >= 15 is 0 Å². The zero-order valence-corrected chi connectivity index (χ0v) is 42.7. The van der Waals surface area contributed by atoms with Gasteiger partial charge in [-0.05, 0) is 76.2 Å². The summed E-state index contributed by atoms with van der Waals surface area (Å²) in [6.45, 7) is 8.40. The van der Waals surface area contributed by atoms with Crippen LogP contribution in [0.2, 0.25) is 19.6 Å². The van der Waals surface area contributed by atoms with Crippen molar-refractivity contribution in [3.63, 3.8) is 0 Å². The third-order valence-electron chi connectivity index (χ3n) is 11.8. The first kappa shape index (κ1) is 40.5. The number of rotatable bonds is 9. The smallest absolute Gasteiger partial charge is 0.114 e. The molecule has 7 heteroatoms. The van der Waals surface area contributed by atoms with Gasteiger partial charge in [0.15, 0.2) is 0 Å². The Balaban J connectivity index is 0.000000241. The van der Waals surface area contributed by atoms with Crippen molar-refractivity contribution in [2.45, 2.75) is 46.7 Å². The molecule has 0 spiro atoms. The van der Waals surface area contributed by atoms with E-state index in [1.165, 1.54) is 5.56 Å². The van der Waals surface area contributed by atoms with Crippen molar-refractivity contribution in [2.75, 3.05) is 0 Å². The zero-order chi connectivity index (χ0) is 50.4. The molecule has 337 valence electrons. The van der Waals surface area contributed by atoms with Crippen molar-refractivity contribution < 1.29 is 27.0 Å². The van der Waals surface area contributed by atoms with Gasteiger partial charge in [0, 0.05) is 49.8 Å². The standard InChI is InChI=1S/C43H28N3S.C18H24NSi.Ir/c1-28-16-18-31(19-17-28)34-24-25-36(41-40(34)35-26-27-37(45-43(35)47-41)32-12-6-3-7-13-32)42-44-38-14-8-9-15-39(38)46(42)33-22-20-30(21-23-33)29-10-4-2-5-11-29;1-14(2)11-16-12-17(15-9-7-6-8-10-15)19-13-18(16)20(3,4)5;/h2-24,26-27H,1H3;6-9,12-14H,11H2,1-5H3;/q2*-1;/i1D3;11D2;. The molecule has 0 amide bonds. The molecule has 1 radical (unpaired) electrons. The van der Waals surface area contributed by atoms with E-state index in [1.54, 1.807) is 23.5 Å². The van der Waals surface area contributed by atoms with E-state index in [0.717, 1.165) is 98.4 Å². The molecule has 0 aliphatic heterocycles. The number of aryl methyl sites for hydroxylation is 1. The Bertz CT molecular complexity index is 3700. The van der Waals surface area contributed by atoms with Crippen molar-refractivity contribution >= 4 is 55.9 Å². The minimum Gasteiger partial charge on any atom is -0.333 e. The summed E-state index contributed by atoms with van der Waals surface area (Å²) in [4.78, 5) is 15.9. The van der Waals surface area contributed by atoms with Gasteiger partial charge in [0.1, 0.15) is 4.83 Å². The second-order valence-electron chi connectivity index (χ2n) is 18.0. The van der Waals surface area contributed by atoms with Crippen LogP contribution in [0.5, 0.6) is 0 Å². The number of imidazole rings is 1. The van der Waals surface area contributed by atoms with Crippen LogP contribution in [0.15, 0.2) is 188 Å². The first-order valence-electron chi connectivity index (χ1n) is 25.1. The summed E-state index contributed by atoms with van der Waals surface area (Å²) in [6.07, 6.45) is 0.528. The van der Waals surface area contributed by atoms with Crippen LogP contribution in [0.4, 0.5) is 0 Å². The number of hydrogen-bond donors (Lipinski definition) is 0. The molecular weight excluding hydrogens is 1040 g/mol. The molecule has 0 aliphatic rings. The summed E-state index contributed by atoms with van der Waals surface area (Å²) < 4.78 is 44.0. The first-order chi connectivity index (χ1) is 34.6. The van der Waals surface area contributed by atoms with Gasteiger partial charge in [0.2, 0.25) is 0 Å². The molecule has 0 aliphatic carbocycles. The van der Waals surface area contributed by atoms with Crippen LogP contribution < -0.4 is 5.19 Å². The minimum atomic E-state index is -2.17. The maximum absolute atomic E-state index is 8.55. The molecule has 11 rings (SSSR count). The fourth-order valence-electron chi connectivity index (χ4n) is 8.59. The number of pyridine rings is 2. The molecule has 0 saturated carbocycles. The van der Waals surface area contributed by atoms with Crippen LogP contribution in [-0.2, 0) is 26.5 Å². The van der Waals surface area contributed by atoms with Crippen molar-refractivity contribution in [3.05, 3.63) is 211 Å². The second-order valence-corrected chi connectivity index (χ2v) is 24.0. The Morgan fingerprint density at radius 3 is 2.06 bits per heavy atom. The SMILES string of the molecule is [2H]C([2H])([2H])c1ccc(-c2c[c-]c(-c3nc4ccccc4n3-c3ccc(-c4ccccc4)cc3)c3sc4nc(-c5ccccc5)ccc4c23)cc1.[2H]C([2H])(c1cc(-c2[c-]cccc2)ncc1[Si](C)(C)C)C(C)C.[Ir]. The number of aromatic nitrogens is 4. The molecule has 0 atom stereocenters. The largest absolute Gasteiger partial charge is 0.333 e. The van der Waals surface area contributed by atoms with Crippen molar-refractivity contribution in [2.24, 2.45) is 5.92 Å². The molecule has 0 bridgehead atoms. The van der Waals surface area contributed by atoms with E-state index < -0.39 is 21.3 Å². The van der Waals surface area contributed by atoms with Crippen LogP contribution in [0.25, 0.3) is 93.2 Å². The summed E-state index contributed by atoms with van der Waals surface area (Å²) in [5.74, 6) is 0.709. The van der Waals surface area contributed by atoms with E-state index in [2.05, 4.69) is 120 Å². The zero-order valence-electron chi connectivity index (χ0n) is 43.5. The number of hydrogen-bond acceptors (Lipinski definition) is 4. The van der Waals surface area contributed by atoms with Crippen LogP contribution in [0, 0.1) is 24.9 Å². The minimum absolute atomic E-state index is 0. The molecule has 4 heterocycles. The molecule has 0 fully saturated rings. The quantitative estimate of drug-likeness (QED) is 0.107. The molecular formula is C61H52IrN4SSi-2. The summed E-state index contributed by atoms with van der Waals surface area (Å²) >= 11 is 1.64. The van der Waals surface area contributed by atoms with Crippen molar-refractivity contribution in [1.82, 2.24) is 19.5 Å². The van der Waals surface area contributed by atoms with E-state index in [9.17, 15) is 0 Å². The summed E-state index contributed by atoms with van der Waals surface area (Å²) in [7, 11) is -1.67. The first-order valence-corrected chi connectivity index (χ1v) is 26.9. The predicted octanol–water partition coefficient (Wildman–Crippen LogP) is 15.9. The van der Waals surface area contributed by atoms with Gasteiger partial charge < -0.3 is 9.55 Å². The monoisotopic (exact) mass is 1100 g/mol. The number of fused-ring (bicyclic) bond motifs is 4. The Morgan fingerprint density at radius 1 is 0.691 bits per heavy atom. The molecule has 4 aromatic heterocycles. The second kappa shape index (κ2) is 19.9. The summed E-state index contributed by atoms with van der Waals surface area (Å²) in [5.41, 5.74) is 12.8. The summed E-state index contributed by atoms with van der Waals surface area (Å²) in [5, 5.41) is 3.18. The molecule has 0 N–H and O–H groups in total. The van der Waals surface area contributed by atoms with Gasteiger partial charge in [-0.3, -0.25) is 4.98 Å². The molecule has 68 heavy (non-hydrogen) atoms. The summed E-state index contributed by atoms with van der Waals surface area (Å²) in [6, 6.07) is 67.3. The third kappa shape index (κ3) is 9.58. The van der Waals surface area contributed by atoms with Gasteiger partial charge in [-0.15, -0.1) is 48.0 Å². The van der Waals surface area contributed by atoms with Gasteiger partial charge in [0.05, 0.1) is 30.6 Å². The van der Waals surface area contributed by atoms with Gasteiger partial charge >= 0.3 is 0 Å². The topological polar surface area (TPSA) is 43.6 Å². The Labute approximate surface area is 425 Å². The third-order valence-corrected chi connectivity index (χ3v) is 15.0. The van der Waals surface area contributed by atoms with Crippen LogP contribution in [-0.4, -0.2) is 27.6 Å². The number of thiophene rings is 1. The maximum atomic E-state index is 8.55. The molecule has 7 aromatic carbocycles. The van der Waals surface area contributed by atoms with E-state index in [1.807, 2.05) is 111 Å². The van der Waals surface area contributed by atoms with E-state index in [-0.39, 0.29) is 26.0 Å². The number of nitrogens with zero attached hydrogens (tertiary/aromatic N) is 4. The average Bonchev–Trinajstić information content (AvgIpc) is 3.98. The average molecular weight is 1100 g/mol. The maximum Gasteiger partial charge on any atom is 0.114 e. The molecule has 4 nitrogen and oxygen atoms in total. The van der Waals surface area contributed by atoms with Gasteiger partial charge in [-0.2, -0.15) is 11.3 Å². The van der Waals surface area contributed by atoms with Gasteiger partial charge in [-0.1, -0.05) is 188 Å². The van der Waals surface area contributed by atoms with Crippen molar-refractivity contribution in [1.29, 1.82) is 0 Å². The van der Waals surface area contributed by atoms with Crippen molar-refractivity contribution in [3.8, 4) is 61.8 Å².